The Hall–Kier alpha value is -1.24. The Bertz CT molecular complexity index is 587. The summed E-state index contributed by atoms with van der Waals surface area (Å²) in [5.74, 6) is 1.17. The van der Waals surface area contributed by atoms with Crippen LogP contribution in [0.25, 0.3) is 11.4 Å². The number of aliphatic hydroxyl groups excluding tert-OH is 1. The molecule has 0 aliphatic carbocycles. The maximum atomic E-state index is 10.3. The molecule has 0 spiro atoms. The molecular formula is C14H18BrN3O2. The topological polar surface area (TPSA) is 60.2 Å². The second-order valence-corrected chi connectivity index (χ2v) is 6.42. The molecular weight excluding hydrogens is 322 g/mol. The Morgan fingerprint density at radius 1 is 1.20 bits per heavy atom. The standard InChI is InChI=1S/C14H18BrN3O2/c1-9-16-17-12(10-5-7-11(15)8-6-10)18(9)13(19)20-14(2,3)4/h5-8,13,19H,1-4H3. The smallest absolute Gasteiger partial charge is 0.245 e. The Balaban J connectivity index is 2.39. The monoisotopic (exact) mass is 339 g/mol. The van der Waals surface area contributed by atoms with Gasteiger partial charge in [-0.05, 0) is 39.8 Å². The first-order valence-corrected chi connectivity index (χ1v) is 7.10. The zero-order valence-electron chi connectivity index (χ0n) is 12.0. The molecule has 5 nitrogen and oxygen atoms in total. The van der Waals surface area contributed by atoms with Gasteiger partial charge >= 0.3 is 0 Å². The largest absolute Gasteiger partial charge is 0.351 e. The highest BCUT2D eigenvalue weighted by molar-refractivity contribution is 9.10. The van der Waals surface area contributed by atoms with Gasteiger partial charge in [0.15, 0.2) is 5.82 Å². The number of hydrogen-bond acceptors (Lipinski definition) is 4. The Labute approximate surface area is 126 Å². The highest BCUT2D eigenvalue weighted by Gasteiger charge is 2.23. The van der Waals surface area contributed by atoms with Gasteiger partial charge in [0.05, 0.1) is 5.60 Å². The molecule has 0 saturated heterocycles. The summed E-state index contributed by atoms with van der Waals surface area (Å²) >= 11 is 3.39. The van der Waals surface area contributed by atoms with Crippen molar-refractivity contribution in [3.8, 4) is 11.4 Å². The molecule has 1 atom stereocenters. The van der Waals surface area contributed by atoms with Crippen molar-refractivity contribution in [3.05, 3.63) is 34.6 Å². The molecule has 1 aromatic heterocycles. The summed E-state index contributed by atoms with van der Waals surface area (Å²) in [5.41, 5.74) is 0.401. The number of aryl methyl sites for hydroxylation is 1. The van der Waals surface area contributed by atoms with Crippen molar-refractivity contribution in [3.63, 3.8) is 0 Å². The first kappa shape index (κ1) is 15.2. The fourth-order valence-electron chi connectivity index (χ4n) is 1.80. The van der Waals surface area contributed by atoms with Gasteiger partial charge in [-0.3, -0.25) is 4.57 Å². The molecule has 0 aliphatic rings. The van der Waals surface area contributed by atoms with Crippen molar-refractivity contribution >= 4 is 15.9 Å². The lowest BCUT2D eigenvalue weighted by Gasteiger charge is -2.25. The van der Waals surface area contributed by atoms with Crippen LogP contribution in [-0.2, 0) is 4.74 Å². The van der Waals surface area contributed by atoms with Crippen LogP contribution in [0.4, 0.5) is 0 Å². The third-order valence-electron chi connectivity index (χ3n) is 2.65. The number of ether oxygens (including phenoxy) is 1. The maximum absolute atomic E-state index is 10.3. The van der Waals surface area contributed by atoms with E-state index in [0.29, 0.717) is 11.6 Å². The van der Waals surface area contributed by atoms with E-state index in [0.717, 1.165) is 10.0 Å². The van der Waals surface area contributed by atoms with Crippen LogP contribution in [0.2, 0.25) is 0 Å². The summed E-state index contributed by atoms with van der Waals surface area (Å²) in [6.45, 7) is 7.43. The number of aliphatic hydroxyl groups is 1. The third kappa shape index (κ3) is 3.45. The second-order valence-electron chi connectivity index (χ2n) is 5.50. The molecule has 0 bridgehead atoms. The van der Waals surface area contributed by atoms with Crippen LogP contribution in [0.5, 0.6) is 0 Å². The Morgan fingerprint density at radius 3 is 2.35 bits per heavy atom. The molecule has 0 radical (unpaired) electrons. The fourth-order valence-corrected chi connectivity index (χ4v) is 2.06. The Morgan fingerprint density at radius 2 is 1.80 bits per heavy atom. The van der Waals surface area contributed by atoms with Gasteiger partial charge in [0.25, 0.3) is 0 Å². The predicted octanol–water partition coefficient (Wildman–Crippen LogP) is 3.28. The summed E-state index contributed by atoms with van der Waals surface area (Å²) < 4.78 is 8.14. The first-order chi connectivity index (χ1) is 9.28. The fraction of sp³-hybridized carbons (Fsp3) is 0.429. The van der Waals surface area contributed by atoms with Crippen LogP contribution < -0.4 is 0 Å². The van der Waals surface area contributed by atoms with Crippen molar-refractivity contribution in [1.29, 1.82) is 0 Å². The molecule has 6 heteroatoms. The van der Waals surface area contributed by atoms with Gasteiger partial charge in [-0.1, -0.05) is 28.1 Å². The van der Waals surface area contributed by atoms with Crippen molar-refractivity contribution < 1.29 is 9.84 Å². The lowest BCUT2D eigenvalue weighted by Crippen LogP contribution is -2.26. The molecule has 0 fully saturated rings. The van der Waals surface area contributed by atoms with Crippen LogP contribution in [0, 0.1) is 6.92 Å². The van der Waals surface area contributed by atoms with E-state index in [1.165, 1.54) is 0 Å². The van der Waals surface area contributed by atoms with E-state index in [-0.39, 0.29) is 0 Å². The van der Waals surface area contributed by atoms with Crippen LogP contribution in [0.15, 0.2) is 28.7 Å². The lowest BCUT2D eigenvalue weighted by atomic mass is 10.2. The van der Waals surface area contributed by atoms with Crippen molar-refractivity contribution in [2.75, 3.05) is 0 Å². The van der Waals surface area contributed by atoms with Gasteiger partial charge in [-0.2, -0.15) is 0 Å². The number of benzene rings is 1. The van der Waals surface area contributed by atoms with Gasteiger partial charge in [0.2, 0.25) is 6.41 Å². The summed E-state index contributed by atoms with van der Waals surface area (Å²) in [4.78, 5) is 0. The minimum atomic E-state index is -1.12. The number of halogens is 1. The van der Waals surface area contributed by atoms with E-state index in [4.69, 9.17) is 4.74 Å². The number of rotatable bonds is 3. The normalized spacial score (nSPS) is 13.5. The molecule has 1 N–H and O–H groups in total. The summed E-state index contributed by atoms with van der Waals surface area (Å²) in [6.07, 6.45) is -1.12. The van der Waals surface area contributed by atoms with Gasteiger partial charge in [0, 0.05) is 10.0 Å². The lowest BCUT2D eigenvalue weighted by molar-refractivity contribution is -0.209. The van der Waals surface area contributed by atoms with E-state index >= 15 is 0 Å². The quantitative estimate of drug-likeness (QED) is 0.871. The van der Waals surface area contributed by atoms with Crippen LogP contribution in [0.1, 0.15) is 33.0 Å². The average molecular weight is 340 g/mol. The summed E-state index contributed by atoms with van der Waals surface area (Å²) in [5, 5.41) is 18.4. The molecule has 1 heterocycles. The minimum Gasteiger partial charge on any atom is -0.351 e. The third-order valence-corrected chi connectivity index (χ3v) is 3.18. The van der Waals surface area contributed by atoms with E-state index in [2.05, 4.69) is 26.1 Å². The summed E-state index contributed by atoms with van der Waals surface area (Å²) in [6, 6.07) is 7.66. The molecule has 0 amide bonds. The van der Waals surface area contributed by atoms with Crippen molar-refractivity contribution in [1.82, 2.24) is 14.8 Å². The molecule has 1 aromatic carbocycles. The van der Waals surface area contributed by atoms with Crippen molar-refractivity contribution in [2.24, 2.45) is 0 Å². The Kier molecular flexibility index (Phi) is 4.27. The molecule has 2 aromatic rings. The van der Waals surface area contributed by atoms with Crippen molar-refractivity contribution in [2.45, 2.75) is 39.7 Å². The summed E-state index contributed by atoms with van der Waals surface area (Å²) in [7, 11) is 0. The highest BCUT2D eigenvalue weighted by atomic mass is 79.9. The molecule has 0 aliphatic heterocycles. The van der Waals surface area contributed by atoms with Crippen LogP contribution in [-0.4, -0.2) is 25.5 Å². The molecule has 108 valence electrons. The maximum Gasteiger partial charge on any atom is 0.245 e. The molecule has 20 heavy (non-hydrogen) atoms. The second kappa shape index (κ2) is 5.63. The zero-order chi connectivity index (χ0) is 14.9. The van der Waals surface area contributed by atoms with E-state index < -0.39 is 12.0 Å². The van der Waals surface area contributed by atoms with Crippen LogP contribution in [0.3, 0.4) is 0 Å². The molecule has 0 saturated carbocycles. The SMILES string of the molecule is Cc1nnc(-c2ccc(Br)cc2)n1C(O)OC(C)(C)C. The highest BCUT2D eigenvalue weighted by Crippen LogP contribution is 2.25. The van der Waals surface area contributed by atoms with Gasteiger partial charge < -0.3 is 9.84 Å². The van der Waals surface area contributed by atoms with Crippen LogP contribution >= 0.6 is 15.9 Å². The average Bonchev–Trinajstić information content (AvgIpc) is 2.70. The predicted molar refractivity (Wildman–Crippen MR) is 80.0 cm³/mol. The zero-order valence-corrected chi connectivity index (χ0v) is 13.5. The van der Waals surface area contributed by atoms with E-state index in [1.54, 1.807) is 11.5 Å². The number of aromatic nitrogens is 3. The molecule has 1 unspecified atom stereocenters. The van der Waals surface area contributed by atoms with Gasteiger partial charge in [-0.25, -0.2) is 0 Å². The van der Waals surface area contributed by atoms with E-state index in [1.807, 2.05) is 45.0 Å². The number of hydrogen-bond donors (Lipinski definition) is 1. The first-order valence-electron chi connectivity index (χ1n) is 6.31. The van der Waals surface area contributed by atoms with Gasteiger partial charge in [0.1, 0.15) is 5.82 Å². The minimum absolute atomic E-state index is 0.465. The van der Waals surface area contributed by atoms with E-state index in [9.17, 15) is 5.11 Å². The number of nitrogens with zero attached hydrogens (tertiary/aromatic N) is 3. The molecule has 2 rings (SSSR count). The van der Waals surface area contributed by atoms with Gasteiger partial charge in [-0.15, -0.1) is 10.2 Å².